The van der Waals surface area contributed by atoms with Crippen LogP contribution >= 0.6 is 0 Å². The standard InChI is InChI=1S/C13H16F3NO2/c1-2-3-4-5-12(18)10-8-9(6-7-11(10)17)19-13(14,15)16/h6-8H,2-5,17H2,1H3. The first-order valence-electron chi connectivity index (χ1n) is 6.02. The predicted molar refractivity (Wildman–Crippen MR) is 66.0 cm³/mol. The second-order valence-corrected chi connectivity index (χ2v) is 4.18. The number of nitrogen functional groups attached to an aromatic ring is 1. The molecule has 1 rings (SSSR count). The minimum absolute atomic E-state index is 0.0813. The number of rotatable bonds is 6. The fourth-order valence-electron chi connectivity index (χ4n) is 1.64. The van der Waals surface area contributed by atoms with Crippen molar-refractivity contribution in [3.63, 3.8) is 0 Å². The SMILES string of the molecule is CCCCCC(=O)c1cc(OC(F)(F)F)ccc1N. The maximum absolute atomic E-state index is 12.1. The van der Waals surface area contributed by atoms with Gasteiger partial charge in [0.05, 0.1) is 0 Å². The van der Waals surface area contributed by atoms with Crippen LogP contribution in [0.1, 0.15) is 43.0 Å². The van der Waals surface area contributed by atoms with Crippen LogP contribution < -0.4 is 10.5 Å². The minimum atomic E-state index is -4.78. The zero-order valence-corrected chi connectivity index (χ0v) is 10.6. The van der Waals surface area contributed by atoms with Crippen molar-refractivity contribution in [3.8, 4) is 5.75 Å². The summed E-state index contributed by atoms with van der Waals surface area (Å²) in [7, 11) is 0. The predicted octanol–water partition coefficient (Wildman–Crippen LogP) is 3.93. The molecule has 0 saturated heterocycles. The van der Waals surface area contributed by atoms with E-state index in [1.54, 1.807) is 0 Å². The van der Waals surface area contributed by atoms with Crippen LogP contribution in [0.4, 0.5) is 18.9 Å². The Morgan fingerprint density at radius 1 is 1.32 bits per heavy atom. The Balaban J connectivity index is 2.82. The summed E-state index contributed by atoms with van der Waals surface area (Å²) < 4.78 is 40.0. The quantitative estimate of drug-likeness (QED) is 0.486. The lowest BCUT2D eigenvalue weighted by atomic mass is 10.0. The maximum Gasteiger partial charge on any atom is 0.573 e. The second kappa shape index (κ2) is 6.45. The third kappa shape index (κ3) is 5.19. The molecule has 0 aliphatic carbocycles. The Hall–Kier alpha value is -1.72. The summed E-state index contributed by atoms with van der Waals surface area (Å²) in [6.45, 7) is 2.00. The number of carbonyl (C=O) groups is 1. The zero-order chi connectivity index (χ0) is 14.5. The van der Waals surface area contributed by atoms with Gasteiger partial charge in [0.1, 0.15) is 5.75 Å². The highest BCUT2D eigenvalue weighted by molar-refractivity contribution is 6.01. The summed E-state index contributed by atoms with van der Waals surface area (Å²) in [4.78, 5) is 11.8. The molecule has 0 fully saturated rings. The fraction of sp³-hybridized carbons (Fsp3) is 0.462. The molecular weight excluding hydrogens is 259 g/mol. The van der Waals surface area contributed by atoms with E-state index in [2.05, 4.69) is 4.74 Å². The molecule has 106 valence electrons. The van der Waals surface area contributed by atoms with Gasteiger partial charge in [-0.25, -0.2) is 0 Å². The second-order valence-electron chi connectivity index (χ2n) is 4.18. The van der Waals surface area contributed by atoms with Gasteiger partial charge < -0.3 is 10.5 Å². The van der Waals surface area contributed by atoms with Crippen molar-refractivity contribution < 1.29 is 22.7 Å². The normalized spacial score (nSPS) is 11.4. The van der Waals surface area contributed by atoms with Crippen LogP contribution in [0.3, 0.4) is 0 Å². The van der Waals surface area contributed by atoms with E-state index in [-0.39, 0.29) is 23.5 Å². The molecule has 0 aliphatic rings. The summed E-state index contributed by atoms with van der Waals surface area (Å²) >= 11 is 0. The Kier molecular flexibility index (Phi) is 5.20. The van der Waals surface area contributed by atoms with Crippen molar-refractivity contribution in [2.24, 2.45) is 0 Å². The van der Waals surface area contributed by atoms with Crippen molar-refractivity contribution in [2.45, 2.75) is 39.0 Å². The average Bonchev–Trinajstić information content (AvgIpc) is 2.30. The summed E-state index contributed by atoms with van der Waals surface area (Å²) in [5, 5.41) is 0. The lowest BCUT2D eigenvalue weighted by molar-refractivity contribution is -0.274. The third-order valence-electron chi connectivity index (χ3n) is 2.57. The highest BCUT2D eigenvalue weighted by Crippen LogP contribution is 2.27. The molecule has 0 spiro atoms. The van der Waals surface area contributed by atoms with E-state index in [1.807, 2.05) is 6.92 Å². The number of ether oxygens (including phenoxy) is 1. The molecule has 0 aromatic heterocycles. The maximum atomic E-state index is 12.1. The minimum Gasteiger partial charge on any atom is -0.406 e. The van der Waals surface area contributed by atoms with Gasteiger partial charge in [-0.1, -0.05) is 19.8 Å². The van der Waals surface area contributed by atoms with E-state index in [4.69, 9.17) is 5.73 Å². The van der Waals surface area contributed by atoms with Gasteiger partial charge in [0, 0.05) is 17.7 Å². The van der Waals surface area contributed by atoms with Crippen molar-refractivity contribution >= 4 is 11.5 Å². The van der Waals surface area contributed by atoms with Gasteiger partial charge in [-0.2, -0.15) is 0 Å². The number of hydrogen-bond donors (Lipinski definition) is 1. The summed E-state index contributed by atoms with van der Waals surface area (Å²) in [5.41, 5.74) is 5.85. The van der Waals surface area contributed by atoms with Crippen LogP contribution in [0, 0.1) is 0 Å². The Morgan fingerprint density at radius 2 is 2.00 bits per heavy atom. The van der Waals surface area contributed by atoms with Gasteiger partial charge in [-0.05, 0) is 24.6 Å². The van der Waals surface area contributed by atoms with E-state index >= 15 is 0 Å². The molecule has 0 radical (unpaired) electrons. The Morgan fingerprint density at radius 3 is 2.58 bits per heavy atom. The number of Topliss-reactive ketones (excluding diaryl/α,β-unsaturated/α-hetero) is 1. The number of ketones is 1. The van der Waals surface area contributed by atoms with Crippen LogP contribution in [0.5, 0.6) is 5.75 Å². The fourth-order valence-corrected chi connectivity index (χ4v) is 1.64. The van der Waals surface area contributed by atoms with Gasteiger partial charge in [0.2, 0.25) is 0 Å². The lowest BCUT2D eigenvalue weighted by Gasteiger charge is -2.11. The number of halogens is 3. The van der Waals surface area contributed by atoms with E-state index in [0.29, 0.717) is 6.42 Å². The van der Waals surface area contributed by atoms with E-state index in [0.717, 1.165) is 25.0 Å². The number of carbonyl (C=O) groups excluding carboxylic acids is 1. The first-order valence-corrected chi connectivity index (χ1v) is 6.02. The first kappa shape index (κ1) is 15.3. The van der Waals surface area contributed by atoms with Crippen LogP contribution in [-0.4, -0.2) is 12.1 Å². The number of nitrogens with two attached hydrogens (primary N) is 1. The topological polar surface area (TPSA) is 52.3 Å². The largest absolute Gasteiger partial charge is 0.573 e. The molecule has 0 heterocycles. The van der Waals surface area contributed by atoms with Gasteiger partial charge in [-0.15, -0.1) is 13.2 Å². The molecule has 6 heteroatoms. The zero-order valence-electron chi connectivity index (χ0n) is 10.6. The van der Waals surface area contributed by atoms with Crippen LogP contribution in [0.2, 0.25) is 0 Å². The summed E-state index contributed by atoms with van der Waals surface area (Å²) in [6, 6.07) is 3.37. The summed E-state index contributed by atoms with van der Waals surface area (Å²) in [6.07, 6.45) is -1.96. The molecule has 0 unspecified atom stereocenters. The molecule has 1 aromatic rings. The van der Waals surface area contributed by atoms with Crippen LogP contribution in [0.15, 0.2) is 18.2 Å². The molecule has 3 nitrogen and oxygen atoms in total. The highest BCUT2D eigenvalue weighted by Gasteiger charge is 2.31. The van der Waals surface area contributed by atoms with E-state index < -0.39 is 12.1 Å². The number of anilines is 1. The smallest absolute Gasteiger partial charge is 0.406 e. The first-order chi connectivity index (χ1) is 8.83. The van der Waals surface area contributed by atoms with Crippen molar-refractivity contribution in [1.29, 1.82) is 0 Å². The van der Waals surface area contributed by atoms with Crippen LogP contribution in [0.25, 0.3) is 0 Å². The molecular formula is C13H16F3NO2. The van der Waals surface area contributed by atoms with Gasteiger partial charge in [0.15, 0.2) is 5.78 Å². The Bertz CT molecular complexity index is 444. The number of alkyl halides is 3. The molecule has 0 aliphatic heterocycles. The lowest BCUT2D eigenvalue weighted by Crippen LogP contribution is -2.17. The average molecular weight is 275 g/mol. The van der Waals surface area contributed by atoms with Crippen LogP contribution in [-0.2, 0) is 0 Å². The molecule has 0 amide bonds. The number of benzene rings is 1. The molecule has 2 N–H and O–H groups in total. The third-order valence-corrected chi connectivity index (χ3v) is 2.57. The highest BCUT2D eigenvalue weighted by atomic mass is 19.4. The molecule has 0 atom stereocenters. The van der Waals surface area contributed by atoms with Crippen molar-refractivity contribution in [3.05, 3.63) is 23.8 Å². The van der Waals surface area contributed by atoms with Gasteiger partial charge in [0.25, 0.3) is 0 Å². The van der Waals surface area contributed by atoms with Crippen molar-refractivity contribution in [1.82, 2.24) is 0 Å². The van der Waals surface area contributed by atoms with Crippen molar-refractivity contribution in [2.75, 3.05) is 5.73 Å². The van der Waals surface area contributed by atoms with E-state index in [9.17, 15) is 18.0 Å². The Labute approximate surface area is 109 Å². The number of hydrogen-bond acceptors (Lipinski definition) is 3. The monoisotopic (exact) mass is 275 g/mol. The van der Waals surface area contributed by atoms with Gasteiger partial charge in [-0.3, -0.25) is 4.79 Å². The molecule has 0 bridgehead atoms. The molecule has 19 heavy (non-hydrogen) atoms. The molecule has 0 saturated carbocycles. The van der Waals surface area contributed by atoms with E-state index in [1.165, 1.54) is 6.07 Å². The molecule has 1 aromatic carbocycles. The van der Waals surface area contributed by atoms with Gasteiger partial charge >= 0.3 is 6.36 Å². The summed E-state index contributed by atoms with van der Waals surface area (Å²) in [5.74, 6) is -0.695. The number of unbranched alkanes of at least 4 members (excludes halogenated alkanes) is 2.